The Balaban J connectivity index is 1.72. The lowest BCUT2D eigenvalue weighted by molar-refractivity contribution is -0.125. The molecule has 1 saturated heterocycles. The largest absolute Gasteiger partial charge is 0.350 e. The summed E-state index contributed by atoms with van der Waals surface area (Å²) in [6.07, 6.45) is 0.782. The fraction of sp³-hybridized carbons (Fsp3) is 0.333. The van der Waals surface area contributed by atoms with Crippen molar-refractivity contribution in [1.82, 2.24) is 10.2 Å². The molecule has 142 valence electrons. The zero-order valence-electron chi connectivity index (χ0n) is 15.4. The number of hydrogen-bond acceptors (Lipinski definition) is 3. The van der Waals surface area contributed by atoms with Crippen molar-refractivity contribution in [2.24, 2.45) is 0 Å². The van der Waals surface area contributed by atoms with Crippen LogP contribution in [0.1, 0.15) is 34.8 Å². The Kier molecular flexibility index (Phi) is 6.16. The van der Waals surface area contributed by atoms with Crippen LogP contribution in [0.2, 0.25) is 0 Å². The van der Waals surface area contributed by atoms with Crippen molar-refractivity contribution in [3.63, 3.8) is 0 Å². The van der Waals surface area contributed by atoms with Crippen LogP contribution < -0.4 is 5.32 Å². The summed E-state index contributed by atoms with van der Waals surface area (Å²) in [5.74, 6) is -0.0271. The summed E-state index contributed by atoms with van der Waals surface area (Å²) in [7, 11) is 0. The Morgan fingerprint density at radius 3 is 2.44 bits per heavy atom. The minimum atomic E-state index is -0.505. The number of hydrogen-bond donors (Lipinski definition) is 1. The number of carbonyl (C=O) groups is 2. The van der Waals surface area contributed by atoms with Gasteiger partial charge < -0.3 is 10.2 Å². The van der Waals surface area contributed by atoms with E-state index >= 15 is 0 Å². The van der Waals surface area contributed by atoms with Crippen molar-refractivity contribution in [3.8, 4) is 0 Å². The van der Waals surface area contributed by atoms with Crippen LogP contribution in [0.4, 0.5) is 4.39 Å². The molecule has 4 nitrogen and oxygen atoms in total. The molecule has 2 aromatic carbocycles. The fourth-order valence-electron chi connectivity index (χ4n) is 3.11. The summed E-state index contributed by atoms with van der Waals surface area (Å²) >= 11 is 1.63. The molecular formula is C21H23FN2O2S. The van der Waals surface area contributed by atoms with Gasteiger partial charge in [0.15, 0.2) is 0 Å². The van der Waals surface area contributed by atoms with Crippen molar-refractivity contribution >= 4 is 23.6 Å². The first-order chi connectivity index (χ1) is 13.0. The van der Waals surface area contributed by atoms with Crippen LogP contribution in [0.15, 0.2) is 48.5 Å². The van der Waals surface area contributed by atoms with Crippen molar-refractivity contribution in [2.75, 3.05) is 5.75 Å². The molecule has 1 fully saturated rings. The first-order valence-electron chi connectivity index (χ1n) is 9.02. The van der Waals surface area contributed by atoms with Crippen LogP contribution in [-0.2, 0) is 11.3 Å². The van der Waals surface area contributed by atoms with E-state index in [9.17, 15) is 14.0 Å². The second-order valence-electron chi connectivity index (χ2n) is 6.63. The molecule has 0 bridgehead atoms. The third-order valence-corrected chi connectivity index (χ3v) is 6.11. The summed E-state index contributed by atoms with van der Waals surface area (Å²) in [6.45, 7) is 4.30. The highest BCUT2D eigenvalue weighted by Crippen LogP contribution is 2.32. The molecule has 27 heavy (non-hydrogen) atoms. The molecular weight excluding hydrogens is 363 g/mol. The summed E-state index contributed by atoms with van der Waals surface area (Å²) in [5, 5.41) is 2.87. The van der Waals surface area contributed by atoms with Crippen molar-refractivity contribution in [1.29, 1.82) is 0 Å². The van der Waals surface area contributed by atoms with E-state index in [1.165, 1.54) is 12.1 Å². The molecule has 0 aromatic heterocycles. The molecule has 0 spiro atoms. The summed E-state index contributed by atoms with van der Waals surface area (Å²) < 4.78 is 13.0. The van der Waals surface area contributed by atoms with Gasteiger partial charge in [-0.1, -0.05) is 36.8 Å². The number of nitrogens with one attached hydrogen (secondary N) is 1. The van der Waals surface area contributed by atoms with Gasteiger partial charge in [-0.3, -0.25) is 9.59 Å². The Hall–Kier alpha value is -2.34. The van der Waals surface area contributed by atoms with E-state index in [0.717, 1.165) is 17.5 Å². The molecule has 0 saturated carbocycles. The Morgan fingerprint density at radius 1 is 1.15 bits per heavy atom. The molecule has 1 aliphatic heterocycles. The van der Waals surface area contributed by atoms with Crippen molar-refractivity contribution < 1.29 is 14.0 Å². The van der Waals surface area contributed by atoms with Crippen LogP contribution in [0.5, 0.6) is 0 Å². The van der Waals surface area contributed by atoms with Crippen LogP contribution in [-0.4, -0.2) is 33.9 Å². The first-order valence-corrected chi connectivity index (χ1v) is 10.1. The molecule has 2 unspecified atom stereocenters. The van der Waals surface area contributed by atoms with Gasteiger partial charge in [0.05, 0.1) is 5.37 Å². The summed E-state index contributed by atoms with van der Waals surface area (Å²) in [6, 6.07) is 12.9. The lowest BCUT2D eigenvalue weighted by Crippen LogP contribution is -2.49. The lowest BCUT2D eigenvalue weighted by atomic mass is 10.1. The highest BCUT2D eigenvalue weighted by molar-refractivity contribution is 8.00. The molecule has 0 radical (unpaired) electrons. The first kappa shape index (κ1) is 19.4. The number of halogens is 1. The SMILES string of the molecule is CCC1SCC(C(=O)NCc2ccc(F)cc2)N1C(=O)c1ccc(C)cc1. The molecule has 3 rings (SSSR count). The third kappa shape index (κ3) is 4.50. The molecule has 1 N–H and O–H groups in total. The smallest absolute Gasteiger partial charge is 0.255 e. The number of amides is 2. The van der Waals surface area contributed by atoms with Crippen molar-refractivity contribution in [2.45, 2.75) is 38.2 Å². The molecule has 2 atom stereocenters. The summed E-state index contributed by atoms with van der Waals surface area (Å²) in [5.41, 5.74) is 2.50. The van der Waals surface area contributed by atoms with Gasteiger partial charge in [0, 0.05) is 17.9 Å². The Bertz CT molecular complexity index is 808. The van der Waals surface area contributed by atoms with Gasteiger partial charge in [0.1, 0.15) is 11.9 Å². The van der Waals surface area contributed by atoms with Crippen LogP contribution in [0.3, 0.4) is 0 Å². The average Bonchev–Trinajstić information content (AvgIpc) is 3.11. The molecule has 2 aromatic rings. The summed E-state index contributed by atoms with van der Waals surface area (Å²) in [4.78, 5) is 27.5. The fourth-order valence-corrected chi connectivity index (χ4v) is 4.46. The monoisotopic (exact) mass is 386 g/mol. The highest BCUT2D eigenvalue weighted by atomic mass is 32.2. The van der Waals surface area contributed by atoms with Crippen LogP contribution in [0, 0.1) is 12.7 Å². The average molecular weight is 386 g/mol. The van der Waals surface area contributed by atoms with Gasteiger partial charge in [-0.2, -0.15) is 0 Å². The highest BCUT2D eigenvalue weighted by Gasteiger charge is 2.40. The van der Waals surface area contributed by atoms with Gasteiger partial charge in [0.2, 0.25) is 5.91 Å². The standard InChI is InChI=1S/C21H23FN2O2S/c1-3-19-24(21(26)16-8-4-14(2)5-9-16)18(13-27-19)20(25)23-12-15-6-10-17(22)11-7-15/h4-11,18-19H,3,12-13H2,1-2H3,(H,23,25). The minimum Gasteiger partial charge on any atom is -0.350 e. The van der Waals surface area contributed by atoms with Crippen molar-refractivity contribution in [3.05, 3.63) is 71.0 Å². The van der Waals surface area contributed by atoms with E-state index in [0.29, 0.717) is 17.9 Å². The molecule has 1 heterocycles. The number of rotatable bonds is 5. The maximum Gasteiger partial charge on any atom is 0.255 e. The van der Waals surface area contributed by atoms with Gasteiger partial charge in [-0.05, 0) is 43.2 Å². The molecule has 2 amide bonds. The predicted molar refractivity (Wildman–Crippen MR) is 106 cm³/mol. The quantitative estimate of drug-likeness (QED) is 0.852. The van der Waals surface area contributed by atoms with E-state index in [4.69, 9.17) is 0 Å². The Labute approximate surface area is 163 Å². The van der Waals surface area contributed by atoms with Gasteiger partial charge in [0.25, 0.3) is 5.91 Å². The molecule has 6 heteroatoms. The number of thioether (sulfide) groups is 1. The maximum atomic E-state index is 13.0. The van der Waals surface area contributed by atoms with Crippen LogP contribution >= 0.6 is 11.8 Å². The van der Waals surface area contributed by atoms with Gasteiger partial charge >= 0.3 is 0 Å². The molecule has 0 aliphatic carbocycles. The normalized spacial score (nSPS) is 19.1. The van der Waals surface area contributed by atoms with E-state index in [1.54, 1.807) is 40.9 Å². The van der Waals surface area contributed by atoms with E-state index in [2.05, 4.69) is 5.32 Å². The maximum absolute atomic E-state index is 13.0. The topological polar surface area (TPSA) is 49.4 Å². The zero-order valence-corrected chi connectivity index (χ0v) is 16.3. The number of benzene rings is 2. The lowest BCUT2D eigenvalue weighted by Gasteiger charge is -2.28. The van der Waals surface area contributed by atoms with Crippen LogP contribution in [0.25, 0.3) is 0 Å². The number of nitrogens with zero attached hydrogens (tertiary/aromatic N) is 1. The van der Waals surface area contributed by atoms with Gasteiger partial charge in [-0.25, -0.2) is 4.39 Å². The number of carbonyl (C=O) groups excluding carboxylic acids is 2. The van der Waals surface area contributed by atoms with E-state index in [1.807, 2.05) is 26.0 Å². The second-order valence-corrected chi connectivity index (χ2v) is 7.85. The predicted octanol–water partition coefficient (Wildman–Crippen LogP) is 3.74. The number of aryl methyl sites for hydroxylation is 1. The van der Waals surface area contributed by atoms with E-state index < -0.39 is 6.04 Å². The third-order valence-electron chi connectivity index (χ3n) is 4.66. The van der Waals surface area contributed by atoms with Gasteiger partial charge in [-0.15, -0.1) is 11.8 Å². The molecule has 1 aliphatic rings. The second kappa shape index (κ2) is 8.57. The zero-order chi connectivity index (χ0) is 19.4. The Morgan fingerprint density at radius 2 is 1.81 bits per heavy atom. The minimum absolute atomic E-state index is 0.0135. The van der Waals surface area contributed by atoms with E-state index in [-0.39, 0.29) is 23.0 Å².